The highest BCUT2D eigenvalue weighted by Gasteiger charge is 2.32. The summed E-state index contributed by atoms with van der Waals surface area (Å²) in [5, 5.41) is 4.09. The first-order valence-electron chi connectivity index (χ1n) is 7.25. The minimum atomic E-state index is -4.79. The number of rotatable bonds is 3. The van der Waals surface area contributed by atoms with Gasteiger partial charge in [0.25, 0.3) is 0 Å². The van der Waals surface area contributed by atoms with Gasteiger partial charge in [-0.25, -0.2) is 9.67 Å². The first-order valence-corrected chi connectivity index (χ1v) is 7.25. The quantitative estimate of drug-likeness (QED) is 0.545. The van der Waals surface area contributed by atoms with E-state index >= 15 is 0 Å². The van der Waals surface area contributed by atoms with Crippen molar-refractivity contribution in [2.45, 2.75) is 6.36 Å². The van der Waals surface area contributed by atoms with Gasteiger partial charge in [-0.15, -0.1) is 13.2 Å². The van der Waals surface area contributed by atoms with E-state index in [-0.39, 0.29) is 11.4 Å². The Morgan fingerprint density at radius 1 is 1.00 bits per heavy atom. The number of halogens is 3. The van der Waals surface area contributed by atoms with Gasteiger partial charge in [-0.05, 0) is 24.3 Å². The topological polar surface area (TPSA) is 53.1 Å². The molecule has 4 aromatic rings. The molecule has 0 radical (unpaired) electrons. The van der Waals surface area contributed by atoms with Crippen LogP contribution in [0.1, 0.15) is 0 Å². The van der Waals surface area contributed by atoms with E-state index in [1.165, 1.54) is 35.3 Å². The predicted molar refractivity (Wildman–Crippen MR) is 83.3 cm³/mol. The molecule has 2 heterocycles. The van der Waals surface area contributed by atoms with Crippen LogP contribution in [0.3, 0.4) is 0 Å². The largest absolute Gasteiger partial charge is 0.573 e. The minimum Gasteiger partial charge on any atom is -0.436 e. The maximum atomic E-state index is 12.5. The first-order chi connectivity index (χ1) is 12.0. The second-order valence-electron chi connectivity index (χ2n) is 5.18. The van der Waals surface area contributed by atoms with Crippen molar-refractivity contribution < 1.29 is 22.3 Å². The number of hydrogen-bond acceptors (Lipinski definition) is 4. The summed E-state index contributed by atoms with van der Waals surface area (Å²) in [4.78, 5) is 4.34. The van der Waals surface area contributed by atoms with Crippen LogP contribution >= 0.6 is 0 Å². The monoisotopic (exact) mass is 345 g/mol. The van der Waals surface area contributed by atoms with Gasteiger partial charge in [0.1, 0.15) is 11.2 Å². The van der Waals surface area contributed by atoms with Crippen molar-refractivity contribution in [2.75, 3.05) is 0 Å². The Kier molecular flexibility index (Phi) is 3.45. The lowest BCUT2D eigenvalue weighted by molar-refractivity contribution is -0.274. The molecule has 0 fully saturated rings. The molecule has 126 valence electrons. The fraction of sp³-hybridized carbons (Fsp3) is 0.0588. The average molecular weight is 345 g/mol. The highest BCUT2D eigenvalue weighted by atomic mass is 19.4. The van der Waals surface area contributed by atoms with Crippen LogP contribution in [0, 0.1) is 0 Å². The SMILES string of the molecule is FC(F)(F)Oc1ccccc1-n1cc(-c2nc3ccccc3o2)cn1. The number of ether oxygens (including phenoxy) is 1. The zero-order chi connectivity index (χ0) is 17.4. The normalized spacial score (nSPS) is 11.8. The minimum absolute atomic E-state index is 0.155. The molecule has 0 aliphatic carbocycles. The third-order valence-corrected chi connectivity index (χ3v) is 3.46. The van der Waals surface area contributed by atoms with Gasteiger partial charge in [0.05, 0.1) is 11.8 Å². The molecule has 0 saturated carbocycles. The highest BCUT2D eigenvalue weighted by Crippen LogP contribution is 2.30. The van der Waals surface area contributed by atoms with E-state index in [1.807, 2.05) is 12.1 Å². The molecule has 0 atom stereocenters. The molecule has 8 heteroatoms. The van der Waals surface area contributed by atoms with Crippen LogP contribution in [0.25, 0.3) is 28.2 Å². The molecule has 0 bridgehead atoms. The lowest BCUT2D eigenvalue weighted by Gasteiger charge is -2.12. The van der Waals surface area contributed by atoms with Crippen molar-refractivity contribution in [3.63, 3.8) is 0 Å². The fourth-order valence-corrected chi connectivity index (χ4v) is 2.42. The van der Waals surface area contributed by atoms with E-state index in [4.69, 9.17) is 4.42 Å². The third-order valence-electron chi connectivity index (χ3n) is 3.46. The number of fused-ring (bicyclic) bond motifs is 1. The van der Waals surface area contributed by atoms with E-state index in [2.05, 4.69) is 14.8 Å². The van der Waals surface area contributed by atoms with Gasteiger partial charge in [0, 0.05) is 6.20 Å². The van der Waals surface area contributed by atoms with Gasteiger partial charge >= 0.3 is 6.36 Å². The second-order valence-corrected chi connectivity index (χ2v) is 5.18. The van der Waals surface area contributed by atoms with E-state index < -0.39 is 6.36 Å². The Bertz CT molecular complexity index is 1000. The molecule has 0 saturated heterocycles. The van der Waals surface area contributed by atoms with Crippen molar-refractivity contribution in [1.82, 2.24) is 14.8 Å². The van der Waals surface area contributed by atoms with Gasteiger partial charge in [-0.3, -0.25) is 0 Å². The summed E-state index contributed by atoms with van der Waals surface area (Å²) in [5.74, 6) is -0.0103. The van der Waals surface area contributed by atoms with Crippen LogP contribution in [0.15, 0.2) is 65.3 Å². The van der Waals surface area contributed by atoms with Crippen LogP contribution in [0.4, 0.5) is 13.2 Å². The van der Waals surface area contributed by atoms with E-state index in [0.29, 0.717) is 22.6 Å². The summed E-state index contributed by atoms with van der Waals surface area (Å²) in [6.07, 6.45) is -1.79. The number of oxazole rings is 1. The molecule has 25 heavy (non-hydrogen) atoms. The standard InChI is InChI=1S/C17H10F3N3O2/c18-17(19,20)25-15-8-4-2-6-13(15)23-10-11(9-21-23)16-22-12-5-1-3-7-14(12)24-16/h1-10H. The van der Waals surface area contributed by atoms with Gasteiger partial charge in [-0.2, -0.15) is 5.10 Å². The molecule has 4 rings (SSSR count). The number of benzene rings is 2. The van der Waals surface area contributed by atoms with Crippen molar-refractivity contribution in [2.24, 2.45) is 0 Å². The van der Waals surface area contributed by atoms with Gasteiger partial charge < -0.3 is 9.15 Å². The van der Waals surface area contributed by atoms with Crippen molar-refractivity contribution in [1.29, 1.82) is 0 Å². The molecule has 0 spiro atoms. The van der Waals surface area contributed by atoms with Crippen LogP contribution in [0.2, 0.25) is 0 Å². The number of alkyl halides is 3. The van der Waals surface area contributed by atoms with Gasteiger partial charge in [0.15, 0.2) is 11.3 Å². The van der Waals surface area contributed by atoms with Crippen LogP contribution in [0.5, 0.6) is 5.75 Å². The summed E-state index contributed by atoms with van der Waals surface area (Å²) in [6.45, 7) is 0. The molecular formula is C17H10F3N3O2. The lowest BCUT2D eigenvalue weighted by atomic mass is 10.3. The molecule has 0 unspecified atom stereocenters. The summed E-state index contributed by atoms with van der Waals surface area (Å²) in [7, 11) is 0. The molecule has 0 aliphatic heterocycles. The summed E-state index contributed by atoms with van der Waals surface area (Å²) in [5.41, 5.74) is 2.00. The zero-order valence-corrected chi connectivity index (χ0v) is 12.6. The van der Waals surface area contributed by atoms with Crippen LogP contribution < -0.4 is 4.74 Å². The highest BCUT2D eigenvalue weighted by molar-refractivity contribution is 5.75. The van der Waals surface area contributed by atoms with Crippen LogP contribution in [-0.4, -0.2) is 21.1 Å². The maximum absolute atomic E-state index is 12.5. The zero-order valence-electron chi connectivity index (χ0n) is 12.6. The maximum Gasteiger partial charge on any atom is 0.573 e. The number of hydrogen-bond donors (Lipinski definition) is 0. The molecule has 0 N–H and O–H groups in total. The average Bonchev–Trinajstić information content (AvgIpc) is 3.20. The van der Waals surface area contributed by atoms with E-state index in [1.54, 1.807) is 18.2 Å². The van der Waals surface area contributed by atoms with Crippen LogP contribution in [-0.2, 0) is 0 Å². The smallest absolute Gasteiger partial charge is 0.436 e. The Morgan fingerprint density at radius 3 is 2.56 bits per heavy atom. The number of nitrogens with zero attached hydrogens (tertiary/aromatic N) is 3. The Hall–Kier alpha value is -3.29. The third kappa shape index (κ3) is 3.06. The number of para-hydroxylation sites is 4. The molecular weight excluding hydrogens is 335 g/mol. The molecule has 2 aromatic heterocycles. The van der Waals surface area contributed by atoms with Gasteiger partial charge in [-0.1, -0.05) is 24.3 Å². The van der Waals surface area contributed by atoms with E-state index in [9.17, 15) is 13.2 Å². The Balaban J connectivity index is 1.72. The number of aromatic nitrogens is 3. The van der Waals surface area contributed by atoms with Crippen molar-refractivity contribution >= 4 is 11.1 Å². The Labute approximate surface area is 139 Å². The molecule has 0 amide bonds. The summed E-state index contributed by atoms with van der Waals surface area (Å²) < 4.78 is 48.6. The van der Waals surface area contributed by atoms with Crippen molar-refractivity contribution in [3.8, 4) is 22.9 Å². The van der Waals surface area contributed by atoms with Crippen molar-refractivity contribution in [3.05, 3.63) is 60.9 Å². The molecule has 5 nitrogen and oxygen atoms in total. The lowest BCUT2D eigenvalue weighted by Crippen LogP contribution is -2.18. The first kappa shape index (κ1) is 15.3. The van der Waals surface area contributed by atoms with E-state index in [0.717, 1.165) is 0 Å². The second kappa shape index (κ2) is 5.66. The fourth-order valence-electron chi connectivity index (χ4n) is 2.42. The summed E-state index contributed by atoms with van der Waals surface area (Å²) >= 11 is 0. The predicted octanol–water partition coefficient (Wildman–Crippen LogP) is 4.58. The Morgan fingerprint density at radius 2 is 1.76 bits per heavy atom. The van der Waals surface area contributed by atoms with Gasteiger partial charge in [0.2, 0.25) is 5.89 Å². The molecule has 2 aromatic carbocycles. The molecule has 0 aliphatic rings. The summed E-state index contributed by atoms with van der Waals surface area (Å²) in [6, 6.07) is 13.0.